The highest BCUT2D eigenvalue weighted by Gasteiger charge is 2.04. The van der Waals surface area contributed by atoms with Gasteiger partial charge in [-0.25, -0.2) is 4.98 Å². The number of nitrogens with zero attached hydrogens (tertiary/aromatic N) is 2. The van der Waals surface area contributed by atoms with Crippen LogP contribution in [0.25, 0.3) is 0 Å². The third kappa shape index (κ3) is 3.45. The van der Waals surface area contributed by atoms with E-state index in [2.05, 4.69) is 10.3 Å². The Kier molecular flexibility index (Phi) is 4.90. The Labute approximate surface area is 118 Å². The van der Waals surface area contributed by atoms with Crippen LogP contribution in [-0.2, 0) is 19.6 Å². The number of rotatable bonds is 6. The van der Waals surface area contributed by atoms with Crippen LogP contribution in [0.5, 0.6) is 0 Å². The van der Waals surface area contributed by atoms with Gasteiger partial charge in [-0.15, -0.1) is 0 Å². The third-order valence-corrected chi connectivity index (χ3v) is 3.07. The van der Waals surface area contributed by atoms with E-state index in [1.54, 1.807) is 17.0 Å². The lowest BCUT2D eigenvalue weighted by molar-refractivity contribution is 0.649. The van der Waals surface area contributed by atoms with Gasteiger partial charge in [-0.1, -0.05) is 31.2 Å². The standard InChI is InChI=1S/C15H20N4O/c1-2-7-19-8-6-17-14(15(19)20)18-11-13-5-3-4-12(9-13)10-16/h3-6,8-9H,2,7,10-11,16H2,1H3,(H,17,18). The molecule has 0 saturated heterocycles. The molecule has 0 aliphatic carbocycles. The molecule has 20 heavy (non-hydrogen) atoms. The minimum Gasteiger partial charge on any atom is -0.361 e. The van der Waals surface area contributed by atoms with Crippen molar-refractivity contribution in [3.05, 3.63) is 58.1 Å². The molecule has 3 N–H and O–H groups in total. The summed E-state index contributed by atoms with van der Waals surface area (Å²) in [4.78, 5) is 16.2. The summed E-state index contributed by atoms with van der Waals surface area (Å²) in [5.41, 5.74) is 7.70. The van der Waals surface area contributed by atoms with Crippen LogP contribution in [-0.4, -0.2) is 9.55 Å². The number of benzene rings is 1. The molecule has 0 unspecified atom stereocenters. The first-order valence-corrected chi connectivity index (χ1v) is 6.81. The zero-order valence-corrected chi connectivity index (χ0v) is 11.7. The fourth-order valence-electron chi connectivity index (χ4n) is 2.04. The number of anilines is 1. The number of hydrogen-bond acceptors (Lipinski definition) is 4. The van der Waals surface area contributed by atoms with Gasteiger partial charge in [0.25, 0.3) is 5.56 Å². The van der Waals surface area contributed by atoms with Crippen LogP contribution in [0.3, 0.4) is 0 Å². The van der Waals surface area contributed by atoms with Crippen molar-refractivity contribution in [1.82, 2.24) is 9.55 Å². The topological polar surface area (TPSA) is 72.9 Å². The minimum absolute atomic E-state index is 0.0793. The maximum Gasteiger partial charge on any atom is 0.293 e. The highest BCUT2D eigenvalue weighted by atomic mass is 16.1. The van der Waals surface area contributed by atoms with Crippen LogP contribution in [0.2, 0.25) is 0 Å². The van der Waals surface area contributed by atoms with Crippen LogP contribution in [0.1, 0.15) is 24.5 Å². The second kappa shape index (κ2) is 6.86. The van der Waals surface area contributed by atoms with Crippen molar-refractivity contribution in [2.45, 2.75) is 33.0 Å². The summed E-state index contributed by atoms with van der Waals surface area (Å²) in [6.45, 7) is 3.82. The fraction of sp³-hybridized carbons (Fsp3) is 0.333. The van der Waals surface area contributed by atoms with Crippen molar-refractivity contribution in [2.75, 3.05) is 5.32 Å². The van der Waals surface area contributed by atoms with E-state index in [9.17, 15) is 4.79 Å². The average molecular weight is 272 g/mol. The molecular weight excluding hydrogens is 252 g/mol. The van der Waals surface area contributed by atoms with Crippen molar-refractivity contribution in [3.8, 4) is 0 Å². The lowest BCUT2D eigenvalue weighted by Gasteiger charge is -2.09. The lowest BCUT2D eigenvalue weighted by Crippen LogP contribution is -2.24. The van der Waals surface area contributed by atoms with E-state index in [0.717, 1.165) is 17.5 Å². The minimum atomic E-state index is -0.0793. The van der Waals surface area contributed by atoms with Crippen LogP contribution in [0, 0.1) is 0 Å². The molecule has 0 bridgehead atoms. The summed E-state index contributed by atoms with van der Waals surface area (Å²) in [5, 5.41) is 3.09. The molecule has 1 heterocycles. The van der Waals surface area contributed by atoms with Gasteiger partial charge in [0, 0.05) is 32.0 Å². The molecule has 0 radical (unpaired) electrons. The zero-order chi connectivity index (χ0) is 14.4. The van der Waals surface area contributed by atoms with Crippen molar-refractivity contribution in [1.29, 1.82) is 0 Å². The van der Waals surface area contributed by atoms with Gasteiger partial charge in [-0.2, -0.15) is 0 Å². The molecule has 5 heteroatoms. The van der Waals surface area contributed by atoms with Crippen LogP contribution in [0.15, 0.2) is 41.5 Å². The van der Waals surface area contributed by atoms with Crippen LogP contribution < -0.4 is 16.6 Å². The molecule has 106 valence electrons. The Morgan fingerprint density at radius 3 is 2.90 bits per heavy atom. The first-order valence-electron chi connectivity index (χ1n) is 6.81. The molecule has 0 fully saturated rings. The van der Waals surface area contributed by atoms with E-state index in [1.807, 2.05) is 31.2 Å². The lowest BCUT2D eigenvalue weighted by atomic mass is 10.1. The van der Waals surface area contributed by atoms with Gasteiger partial charge in [-0.3, -0.25) is 4.79 Å². The zero-order valence-electron chi connectivity index (χ0n) is 11.7. The Balaban J connectivity index is 2.10. The SMILES string of the molecule is CCCn1ccnc(NCc2cccc(CN)c2)c1=O. The molecule has 0 atom stereocenters. The predicted molar refractivity (Wildman–Crippen MR) is 80.4 cm³/mol. The average Bonchev–Trinajstić information content (AvgIpc) is 2.48. The van der Waals surface area contributed by atoms with E-state index in [0.29, 0.717) is 25.5 Å². The molecule has 5 nitrogen and oxygen atoms in total. The van der Waals surface area contributed by atoms with Gasteiger partial charge in [0.15, 0.2) is 5.82 Å². The third-order valence-electron chi connectivity index (χ3n) is 3.07. The van der Waals surface area contributed by atoms with Crippen LogP contribution >= 0.6 is 0 Å². The van der Waals surface area contributed by atoms with E-state index >= 15 is 0 Å². The van der Waals surface area contributed by atoms with E-state index in [-0.39, 0.29) is 5.56 Å². The smallest absolute Gasteiger partial charge is 0.293 e. The molecule has 0 amide bonds. The summed E-state index contributed by atoms with van der Waals surface area (Å²) >= 11 is 0. The Morgan fingerprint density at radius 1 is 1.35 bits per heavy atom. The molecule has 1 aromatic carbocycles. The number of nitrogens with one attached hydrogen (secondary N) is 1. The maximum absolute atomic E-state index is 12.1. The van der Waals surface area contributed by atoms with Gasteiger partial charge in [0.1, 0.15) is 0 Å². The molecule has 0 saturated carbocycles. The van der Waals surface area contributed by atoms with Gasteiger partial charge < -0.3 is 15.6 Å². The monoisotopic (exact) mass is 272 g/mol. The summed E-state index contributed by atoms with van der Waals surface area (Å²) in [5.74, 6) is 0.388. The fourth-order valence-corrected chi connectivity index (χ4v) is 2.04. The van der Waals surface area contributed by atoms with Gasteiger partial charge in [0.2, 0.25) is 0 Å². The Hall–Kier alpha value is -2.14. The molecule has 2 aromatic rings. The molecule has 0 aliphatic heterocycles. The van der Waals surface area contributed by atoms with Crippen molar-refractivity contribution in [2.24, 2.45) is 5.73 Å². The van der Waals surface area contributed by atoms with E-state index in [1.165, 1.54) is 0 Å². The Bertz CT molecular complexity index is 621. The van der Waals surface area contributed by atoms with Gasteiger partial charge >= 0.3 is 0 Å². The first kappa shape index (κ1) is 14.3. The molecular formula is C15H20N4O. The summed E-state index contributed by atoms with van der Waals surface area (Å²) in [6.07, 6.45) is 4.28. The summed E-state index contributed by atoms with van der Waals surface area (Å²) < 4.78 is 1.67. The van der Waals surface area contributed by atoms with Crippen molar-refractivity contribution >= 4 is 5.82 Å². The molecule has 0 aliphatic rings. The summed E-state index contributed by atoms with van der Waals surface area (Å²) in [7, 11) is 0. The second-order valence-corrected chi connectivity index (χ2v) is 4.65. The number of aryl methyl sites for hydroxylation is 1. The van der Waals surface area contributed by atoms with E-state index in [4.69, 9.17) is 5.73 Å². The first-order chi connectivity index (χ1) is 9.74. The maximum atomic E-state index is 12.1. The highest BCUT2D eigenvalue weighted by Crippen LogP contribution is 2.06. The Morgan fingerprint density at radius 2 is 2.15 bits per heavy atom. The highest BCUT2D eigenvalue weighted by molar-refractivity contribution is 5.33. The number of aromatic nitrogens is 2. The van der Waals surface area contributed by atoms with Crippen molar-refractivity contribution in [3.63, 3.8) is 0 Å². The molecule has 2 rings (SSSR count). The quantitative estimate of drug-likeness (QED) is 0.840. The normalized spacial score (nSPS) is 10.5. The van der Waals surface area contributed by atoms with Crippen LogP contribution in [0.4, 0.5) is 5.82 Å². The molecule has 0 spiro atoms. The second-order valence-electron chi connectivity index (χ2n) is 4.65. The van der Waals surface area contributed by atoms with Gasteiger partial charge in [-0.05, 0) is 17.5 Å². The largest absolute Gasteiger partial charge is 0.361 e. The summed E-state index contributed by atoms with van der Waals surface area (Å²) in [6, 6.07) is 7.98. The van der Waals surface area contributed by atoms with Crippen molar-refractivity contribution < 1.29 is 0 Å². The van der Waals surface area contributed by atoms with E-state index < -0.39 is 0 Å². The number of hydrogen-bond donors (Lipinski definition) is 2. The van der Waals surface area contributed by atoms with Gasteiger partial charge in [0.05, 0.1) is 0 Å². The number of nitrogens with two attached hydrogens (primary N) is 1. The predicted octanol–water partition coefficient (Wildman–Crippen LogP) is 1.72. The molecule has 1 aromatic heterocycles.